The molecule has 1 fully saturated rings. The first-order valence-electron chi connectivity index (χ1n) is 11.6. The highest BCUT2D eigenvalue weighted by Crippen LogP contribution is 2.46. The molecule has 0 saturated carbocycles. The lowest BCUT2D eigenvalue weighted by Gasteiger charge is -2.39. The Morgan fingerprint density at radius 3 is 2.76 bits per heavy atom. The Balaban J connectivity index is 1.27. The van der Waals surface area contributed by atoms with E-state index >= 15 is 0 Å². The average Bonchev–Trinajstić information content (AvgIpc) is 3.27. The van der Waals surface area contributed by atoms with Crippen LogP contribution in [0, 0.1) is 21.4 Å². The van der Waals surface area contributed by atoms with Crippen LogP contribution in [0.1, 0.15) is 24.0 Å². The van der Waals surface area contributed by atoms with Gasteiger partial charge in [-0.25, -0.2) is 19.0 Å². The van der Waals surface area contributed by atoms with E-state index in [0.29, 0.717) is 6.73 Å². The van der Waals surface area contributed by atoms with Gasteiger partial charge in [0.25, 0.3) is 0 Å². The van der Waals surface area contributed by atoms with Gasteiger partial charge in [-0.2, -0.15) is 5.10 Å². The highest BCUT2D eigenvalue weighted by Gasteiger charge is 2.40. The molecular weight excluding hydrogens is 548 g/mol. The quantitative estimate of drug-likeness (QED) is 0.227. The number of rotatable bonds is 6. The van der Waals surface area contributed by atoms with Crippen molar-refractivity contribution in [3.63, 3.8) is 0 Å². The Hall–Kier alpha value is -1.59. The fourth-order valence-electron chi connectivity index (χ4n) is 4.79. The van der Waals surface area contributed by atoms with Crippen LogP contribution in [-0.4, -0.2) is 47.5 Å². The van der Waals surface area contributed by atoms with Crippen molar-refractivity contribution in [1.82, 2.24) is 19.7 Å². The summed E-state index contributed by atoms with van der Waals surface area (Å²) < 4.78 is 22.3. The summed E-state index contributed by atoms with van der Waals surface area (Å²) in [6.07, 6.45) is 7.22. The van der Waals surface area contributed by atoms with Crippen LogP contribution in [0.15, 0.2) is 24.4 Å². The third-order valence-corrected chi connectivity index (χ3v) is 9.23. The standard InChI is InChI=1S/C24H30FIN5OSi/c1-33(2,3)11-10-32-16-31-23-21(22(26)29-31)27-15-20(28-23)30-8-6-24(7-9-30)13-17-4-5-19(25)12-18(17)14-24/h4-5,12,14-15H,6-11,13,16H2,1-3H3. The Morgan fingerprint density at radius 2 is 2.00 bits per heavy atom. The Labute approximate surface area is 209 Å². The van der Waals surface area contributed by atoms with E-state index in [9.17, 15) is 4.39 Å². The molecule has 175 valence electrons. The summed E-state index contributed by atoms with van der Waals surface area (Å²) in [7, 11) is -1.12. The van der Waals surface area contributed by atoms with Crippen molar-refractivity contribution in [2.45, 2.75) is 51.7 Å². The molecule has 2 aliphatic rings. The Morgan fingerprint density at radius 1 is 1.21 bits per heavy atom. The molecule has 1 aliphatic carbocycles. The van der Waals surface area contributed by atoms with Crippen LogP contribution < -0.4 is 4.90 Å². The van der Waals surface area contributed by atoms with E-state index in [4.69, 9.17) is 9.72 Å². The summed E-state index contributed by atoms with van der Waals surface area (Å²) in [6.45, 7) is 10.0. The first-order valence-corrected chi connectivity index (χ1v) is 16.4. The molecule has 1 saturated heterocycles. The molecule has 3 aromatic rings. The molecule has 33 heavy (non-hydrogen) atoms. The molecule has 3 heterocycles. The van der Waals surface area contributed by atoms with Crippen LogP contribution in [0.3, 0.4) is 0 Å². The SMILES string of the molecule is C[Si](C)(C)CCOCn1nc(I)c2ncc(N3CCC4([CH]c5cc(F)ccc5C4)CC3)nc21. The molecule has 0 unspecified atom stereocenters. The van der Waals surface area contributed by atoms with Gasteiger partial charge in [-0.1, -0.05) is 25.7 Å². The van der Waals surface area contributed by atoms with E-state index in [2.05, 4.69) is 63.6 Å². The summed E-state index contributed by atoms with van der Waals surface area (Å²) in [6, 6.07) is 6.31. The fourth-order valence-corrected chi connectivity index (χ4v) is 6.19. The molecule has 0 amide bonds. The number of nitrogens with zero attached hydrogens (tertiary/aromatic N) is 5. The minimum atomic E-state index is -1.12. The lowest BCUT2D eigenvalue weighted by molar-refractivity contribution is 0.0810. The minimum Gasteiger partial charge on any atom is -0.359 e. The zero-order chi connectivity index (χ0) is 23.2. The van der Waals surface area contributed by atoms with Crippen LogP contribution in [-0.2, 0) is 17.9 Å². The summed E-state index contributed by atoms with van der Waals surface area (Å²) in [5.41, 5.74) is 4.06. The molecule has 1 radical (unpaired) electrons. The van der Waals surface area contributed by atoms with Crippen molar-refractivity contribution in [3.05, 3.63) is 51.5 Å². The average molecular weight is 579 g/mol. The summed E-state index contributed by atoms with van der Waals surface area (Å²) in [4.78, 5) is 11.9. The van der Waals surface area contributed by atoms with E-state index in [1.54, 1.807) is 12.1 Å². The van der Waals surface area contributed by atoms with Gasteiger partial charge in [0.15, 0.2) is 9.35 Å². The van der Waals surface area contributed by atoms with Gasteiger partial charge in [0.2, 0.25) is 0 Å². The number of ether oxygens (including phenoxy) is 1. The van der Waals surface area contributed by atoms with Crippen molar-refractivity contribution in [1.29, 1.82) is 0 Å². The third-order valence-electron chi connectivity index (χ3n) is 6.80. The van der Waals surface area contributed by atoms with E-state index < -0.39 is 8.07 Å². The highest BCUT2D eigenvalue weighted by molar-refractivity contribution is 14.1. The second-order valence-electron chi connectivity index (χ2n) is 10.6. The molecule has 0 atom stereocenters. The summed E-state index contributed by atoms with van der Waals surface area (Å²) >= 11 is 2.22. The highest BCUT2D eigenvalue weighted by atomic mass is 127. The number of benzene rings is 1. The van der Waals surface area contributed by atoms with E-state index in [1.807, 2.05) is 16.9 Å². The van der Waals surface area contributed by atoms with Crippen molar-refractivity contribution < 1.29 is 9.13 Å². The van der Waals surface area contributed by atoms with E-state index in [1.165, 1.54) is 5.56 Å². The minimum absolute atomic E-state index is 0.130. The lowest BCUT2D eigenvalue weighted by Crippen LogP contribution is -2.40. The van der Waals surface area contributed by atoms with Crippen LogP contribution in [0.25, 0.3) is 11.2 Å². The van der Waals surface area contributed by atoms with Crippen molar-refractivity contribution >= 4 is 47.6 Å². The maximum atomic E-state index is 13.7. The van der Waals surface area contributed by atoms with E-state index in [0.717, 1.165) is 71.2 Å². The largest absolute Gasteiger partial charge is 0.359 e. The number of halogens is 2. The Kier molecular flexibility index (Phi) is 6.24. The van der Waals surface area contributed by atoms with Crippen LogP contribution in [0.2, 0.25) is 25.7 Å². The zero-order valence-corrected chi connectivity index (χ0v) is 22.6. The topological polar surface area (TPSA) is 56.1 Å². The second kappa shape index (κ2) is 8.88. The number of hydrogen-bond donors (Lipinski definition) is 0. The molecule has 9 heteroatoms. The predicted octanol–water partition coefficient (Wildman–Crippen LogP) is 5.28. The third kappa shape index (κ3) is 4.95. The first kappa shape index (κ1) is 23.2. The van der Waals surface area contributed by atoms with Gasteiger partial charge in [-0.15, -0.1) is 0 Å². The monoisotopic (exact) mass is 578 g/mol. The van der Waals surface area contributed by atoms with Gasteiger partial charge in [0.1, 0.15) is 23.9 Å². The molecule has 2 aromatic heterocycles. The lowest BCUT2D eigenvalue weighted by atomic mass is 9.76. The van der Waals surface area contributed by atoms with Crippen LogP contribution in [0.4, 0.5) is 10.2 Å². The second-order valence-corrected chi connectivity index (χ2v) is 17.2. The maximum absolute atomic E-state index is 13.7. The Bertz CT molecular complexity index is 1170. The predicted molar refractivity (Wildman–Crippen MR) is 140 cm³/mol. The maximum Gasteiger partial charge on any atom is 0.182 e. The molecule has 0 bridgehead atoms. The van der Waals surface area contributed by atoms with E-state index in [-0.39, 0.29) is 11.2 Å². The van der Waals surface area contributed by atoms with Crippen LogP contribution >= 0.6 is 22.6 Å². The smallest absolute Gasteiger partial charge is 0.182 e. The van der Waals surface area contributed by atoms with Gasteiger partial charge in [-0.3, -0.25) is 0 Å². The van der Waals surface area contributed by atoms with Crippen molar-refractivity contribution in [3.8, 4) is 0 Å². The molecule has 1 aromatic carbocycles. The fraction of sp³-hybridized carbons (Fsp3) is 0.500. The molecule has 0 N–H and O–H groups in total. The van der Waals surface area contributed by atoms with Gasteiger partial charge in [0, 0.05) is 27.8 Å². The van der Waals surface area contributed by atoms with Gasteiger partial charge in [-0.05, 0) is 83.0 Å². The normalized spacial score (nSPS) is 17.8. The number of anilines is 1. The number of aromatic nitrogens is 4. The van der Waals surface area contributed by atoms with Crippen LogP contribution in [0.5, 0.6) is 0 Å². The van der Waals surface area contributed by atoms with Gasteiger partial charge < -0.3 is 9.64 Å². The molecule has 1 aliphatic heterocycles. The number of fused-ring (bicyclic) bond motifs is 2. The number of piperidine rings is 1. The molecule has 6 nitrogen and oxygen atoms in total. The number of hydrogen-bond acceptors (Lipinski definition) is 5. The summed E-state index contributed by atoms with van der Waals surface area (Å²) in [5, 5.41) is 4.61. The first-order chi connectivity index (χ1) is 15.7. The molecular formula is C24H30FIN5OSi. The van der Waals surface area contributed by atoms with Crippen molar-refractivity contribution in [2.75, 3.05) is 24.6 Å². The van der Waals surface area contributed by atoms with Gasteiger partial charge >= 0.3 is 0 Å². The molecule has 1 spiro atoms. The molecule has 5 rings (SSSR count). The van der Waals surface area contributed by atoms with Gasteiger partial charge in [0.05, 0.1) is 6.20 Å². The van der Waals surface area contributed by atoms with Crippen molar-refractivity contribution in [2.24, 2.45) is 5.41 Å². The summed E-state index contributed by atoms with van der Waals surface area (Å²) in [5.74, 6) is 0.734. The zero-order valence-electron chi connectivity index (χ0n) is 19.4.